The first-order chi connectivity index (χ1) is 27.9. The first-order valence-corrected chi connectivity index (χ1v) is 23.9. The second-order valence-electron chi connectivity index (χ2n) is 16.6. The minimum absolute atomic E-state index is 0.110. The predicted octanol–water partition coefficient (Wildman–Crippen LogP) is 11.0. The maximum absolute atomic E-state index is 12.8. The third-order valence-corrected chi connectivity index (χ3v) is 11.1. The van der Waals surface area contributed by atoms with Gasteiger partial charge in [0.05, 0.1) is 19.8 Å². The van der Waals surface area contributed by atoms with Crippen molar-refractivity contribution in [3.8, 4) is 0 Å². The van der Waals surface area contributed by atoms with Gasteiger partial charge in [0.25, 0.3) is 0 Å². The maximum atomic E-state index is 12.8. The van der Waals surface area contributed by atoms with Crippen molar-refractivity contribution in [2.24, 2.45) is 0 Å². The predicted molar refractivity (Wildman–Crippen MR) is 233 cm³/mol. The normalized spacial score (nSPS) is 20.6. The Morgan fingerprint density at radius 1 is 0.561 bits per heavy atom. The summed E-state index contributed by atoms with van der Waals surface area (Å²) in [5.41, 5.74) is 0. The van der Waals surface area contributed by atoms with Crippen molar-refractivity contribution in [2.45, 2.75) is 250 Å². The van der Waals surface area contributed by atoms with Crippen LogP contribution < -0.4 is 0 Å². The number of allylic oxidation sites excluding steroid dienone is 4. The Morgan fingerprint density at radius 2 is 1.02 bits per heavy atom. The van der Waals surface area contributed by atoms with Gasteiger partial charge in [-0.1, -0.05) is 186 Å². The summed E-state index contributed by atoms with van der Waals surface area (Å²) in [6.07, 6.45) is 39.1. The van der Waals surface area contributed by atoms with E-state index in [2.05, 4.69) is 38.2 Å². The molecule has 9 heteroatoms. The van der Waals surface area contributed by atoms with Crippen molar-refractivity contribution in [3.05, 3.63) is 24.3 Å². The summed E-state index contributed by atoms with van der Waals surface area (Å²) in [7, 11) is 0. The van der Waals surface area contributed by atoms with Crippen LogP contribution in [-0.2, 0) is 23.7 Å². The van der Waals surface area contributed by atoms with Gasteiger partial charge in [0, 0.05) is 13.0 Å². The van der Waals surface area contributed by atoms with Gasteiger partial charge in [0.1, 0.15) is 30.5 Å². The molecule has 1 fully saturated rings. The Morgan fingerprint density at radius 3 is 1.54 bits per heavy atom. The second kappa shape index (κ2) is 40.1. The lowest BCUT2D eigenvalue weighted by atomic mass is 9.99. The van der Waals surface area contributed by atoms with Gasteiger partial charge in [-0.15, -0.1) is 0 Å². The maximum Gasteiger partial charge on any atom is 0.306 e. The van der Waals surface area contributed by atoms with Crippen LogP contribution in [0.5, 0.6) is 0 Å². The van der Waals surface area contributed by atoms with Gasteiger partial charge in [-0.3, -0.25) is 4.79 Å². The molecule has 0 aromatic carbocycles. The molecule has 1 aliphatic heterocycles. The zero-order valence-corrected chi connectivity index (χ0v) is 36.9. The molecule has 0 spiro atoms. The molecule has 1 saturated heterocycles. The van der Waals surface area contributed by atoms with Crippen molar-refractivity contribution in [1.82, 2.24) is 0 Å². The van der Waals surface area contributed by atoms with Crippen molar-refractivity contribution < 1.29 is 44.2 Å². The van der Waals surface area contributed by atoms with Gasteiger partial charge in [-0.2, -0.15) is 0 Å². The molecule has 0 aromatic rings. The van der Waals surface area contributed by atoms with E-state index >= 15 is 0 Å². The summed E-state index contributed by atoms with van der Waals surface area (Å²) >= 11 is 0. The van der Waals surface area contributed by atoms with Crippen LogP contribution in [0.1, 0.15) is 213 Å². The molecule has 6 atom stereocenters. The number of carbonyl (C=O) groups is 1. The fourth-order valence-corrected chi connectivity index (χ4v) is 7.35. The van der Waals surface area contributed by atoms with Gasteiger partial charge < -0.3 is 39.4 Å². The summed E-state index contributed by atoms with van der Waals surface area (Å²) in [6.45, 7) is 4.56. The van der Waals surface area contributed by atoms with E-state index in [-0.39, 0.29) is 19.2 Å². The van der Waals surface area contributed by atoms with Gasteiger partial charge in [-0.05, 0) is 44.9 Å². The Bertz CT molecular complexity index is 926. The highest BCUT2D eigenvalue weighted by atomic mass is 16.7. The summed E-state index contributed by atoms with van der Waals surface area (Å²) in [4.78, 5) is 12.8. The van der Waals surface area contributed by atoms with Crippen molar-refractivity contribution in [3.63, 3.8) is 0 Å². The lowest BCUT2D eigenvalue weighted by Crippen LogP contribution is -2.59. The highest BCUT2D eigenvalue weighted by molar-refractivity contribution is 5.69. The number of esters is 1. The molecule has 0 saturated carbocycles. The third-order valence-electron chi connectivity index (χ3n) is 11.1. The molecule has 6 unspecified atom stereocenters. The molecule has 0 radical (unpaired) electrons. The van der Waals surface area contributed by atoms with E-state index in [0.717, 1.165) is 38.5 Å². The molecule has 1 aliphatic rings. The van der Waals surface area contributed by atoms with Gasteiger partial charge in [0.15, 0.2) is 6.29 Å². The number of ether oxygens (including phenoxy) is 4. The molecule has 4 N–H and O–H groups in total. The minimum atomic E-state index is -1.53. The zero-order chi connectivity index (χ0) is 41.4. The van der Waals surface area contributed by atoms with Gasteiger partial charge >= 0.3 is 5.97 Å². The van der Waals surface area contributed by atoms with Crippen LogP contribution in [0, 0.1) is 0 Å². The standard InChI is InChI=1S/C48H90O9/c1-3-5-7-9-11-13-15-17-19-20-21-22-23-24-26-28-30-32-34-36-38-54-40-42(41-55-48-47(53)46(52)45(51)43(39-49)57-48)56-44(50)37-35-33-31-29-27-25-18-16-14-12-10-8-6-4-2/h11,13,17,19,42-43,45-49,51-53H,3-10,12,14-16,18,20-41H2,1-2H3/b13-11-,19-17-. The van der Waals surface area contributed by atoms with E-state index in [1.165, 1.54) is 154 Å². The zero-order valence-electron chi connectivity index (χ0n) is 36.9. The molecule has 57 heavy (non-hydrogen) atoms. The molecule has 336 valence electrons. The number of unbranched alkanes of at least 4 members (excludes halogenated alkanes) is 26. The SMILES string of the molecule is CCCCC/C=C\C/C=C\CCCCCCCCCCCCOCC(COC1OC(CO)C(O)C(O)C1O)OC(=O)CCCCCCCCCCCCCCCC. The van der Waals surface area contributed by atoms with Crippen LogP contribution in [0.25, 0.3) is 0 Å². The first kappa shape index (κ1) is 53.7. The van der Waals surface area contributed by atoms with E-state index in [1.807, 2.05) is 0 Å². The smallest absolute Gasteiger partial charge is 0.306 e. The second-order valence-corrected chi connectivity index (χ2v) is 16.6. The highest BCUT2D eigenvalue weighted by Crippen LogP contribution is 2.23. The van der Waals surface area contributed by atoms with Crippen molar-refractivity contribution in [2.75, 3.05) is 26.4 Å². The van der Waals surface area contributed by atoms with E-state index in [0.29, 0.717) is 13.0 Å². The highest BCUT2D eigenvalue weighted by Gasteiger charge is 2.44. The van der Waals surface area contributed by atoms with Crippen LogP contribution in [0.2, 0.25) is 0 Å². The molecule has 0 aliphatic carbocycles. The minimum Gasteiger partial charge on any atom is -0.457 e. The Hall–Kier alpha value is -1.33. The number of carbonyl (C=O) groups excluding carboxylic acids is 1. The van der Waals surface area contributed by atoms with Gasteiger partial charge in [0.2, 0.25) is 0 Å². The van der Waals surface area contributed by atoms with Gasteiger partial charge in [-0.25, -0.2) is 0 Å². The van der Waals surface area contributed by atoms with E-state index in [1.54, 1.807) is 0 Å². The van der Waals surface area contributed by atoms with Crippen molar-refractivity contribution in [1.29, 1.82) is 0 Å². The van der Waals surface area contributed by atoms with E-state index in [4.69, 9.17) is 18.9 Å². The summed E-state index contributed by atoms with van der Waals surface area (Å²) in [5, 5.41) is 40.1. The molecular weight excluding hydrogens is 721 g/mol. The van der Waals surface area contributed by atoms with Crippen LogP contribution >= 0.6 is 0 Å². The molecule has 1 heterocycles. The number of rotatable bonds is 41. The van der Waals surface area contributed by atoms with Crippen LogP contribution in [-0.4, -0.2) is 89.6 Å². The average Bonchev–Trinajstić information content (AvgIpc) is 3.21. The fraction of sp³-hybridized carbons (Fsp3) is 0.896. The number of aliphatic hydroxyl groups excluding tert-OH is 4. The summed E-state index contributed by atoms with van der Waals surface area (Å²) in [5.74, 6) is -0.312. The Labute approximate surface area is 349 Å². The lowest BCUT2D eigenvalue weighted by molar-refractivity contribution is -0.305. The average molecular weight is 811 g/mol. The van der Waals surface area contributed by atoms with E-state index < -0.39 is 43.4 Å². The topological polar surface area (TPSA) is 135 Å². The molecular formula is C48H90O9. The Kier molecular flexibility index (Phi) is 37.8. The molecule has 0 amide bonds. The third kappa shape index (κ3) is 31.2. The monoisotopic (exact) mass is 811 g/mol. The van der Waals surface area contributed by atoms with Crippen LogP contribution in [0.3, 0.4) is 0 Å². The number of aliphatic hydroxyl groups is 4. The quantitative estimate of drug-likeness (QED) is 0.0270. The molecule has 0 aromatic heterocycles. The summed E-state index contributed by atoms with van der Waals surface area (Å²) < 4.78 is 22.9. The van der Waals surface area contributed by atoms with Crippen molar-refractivity contribution >= 4 is 5.97 Å². The molecule has 0 bridgehead atoms. The summed E-state index contributed by atoms with van der Waals surface area (Å²) in [6, 6.07) is 0. The van der Waals surface area contributed by atoms with Crippen LogP contribution in [0.15, 0.2) is 24.3 Å². The lowest BCUT2D eigenvalue weighted by Gasteiger charge is -2.39. The first-order valence-electron chi connectivity index (χ1n) is 23.9. The van der Waals surface area contributed by atoms with Crippen LogP contribution in [0.4, 0.5) is 0 Å². The fourth-order valence-electron chi connectivity index (χ4n) is 7.35. The Balaban J connectivity index is 2.22. The van der Waals surface area contributed by atoms with E-state index in [9.17, 15) is 25.2 Å². The largest absolute Gasteiger partial charge is 0.457 e. The number of hydrogen-bond acceptors (Lipinski definition) is 9. The number of hydrogen-bond donors (Lipinski definition) is 4. The molecule has 9 nitrogen and oxygen atoms in total. The molecule has 1 rings (SSSR count).